The number of allylic oxidation sites excluding steroid dienone is 1. The van der Waals surface area contributed by atoms with Gasteiger partial charge in [-0.3, -0.25) is 0 Å². The SMILES string of the molecule is CCCCCCCCCCCCCC=C[C@H](O)[C@H](NC(=O)OCc1ccccc1)C(=O)O. The Labute approximate surface area is 193 Å². The van der Waals surface area contributed by atoms with Crippen LogP contribution in [-0.2, 0) is 16.1 Å². The maximum atomic E-state index is 11.9. The van der Waals surface area contributed by atoms with Crippen molar-refractivity contribution in [3.8, 4) is 0 Å². The van der Waals surface area contributed by atoms with Crippen LogP contribution < -0.4 is 5.32 Å². The van der Waals surface area contributed by atoms with Crippen molar-refractivity contribution in [3.63, 3.8) is 0 Å². The number of amides is 1. The molecule has 32 heavy (non-hydrogen) atoms. The predicted octanol–water partition coefficient (Wildman–Crippen LogP) is 5.98. The van der Waals surface area contributed by atoms with Crippen LogP contribution in [0.3, 0.4) is 0 Å². The highest BCUT2D eigenvalue weighted by Gasteiger charge is 2.27. The molecule has 0 spiro atoms. The molecule has 1 aromatic rings. The molecular weight excluding hydrogens is 406 g/mol. The maximum absolute atomic E-state index is 11.9. The lowest BCUT2D eigenvalue weighted by Crippen LogP contribution is -2.48. The van der Waals surface area contributed by atoms with Gasteiger partial charge in [0.2, 0.25) is 0 Å². The van der Waals surface area contributed by atoms with E-state index in [1.807, 2.05) is 18.2 Å². The van der Waals surface area contributed by atoms with Crippen LogP contribution >= 0.6 is 0 Å². The molecule has 6 nitrogen and oxygen atoms in total. The normalized spacial score (nSPS) is 13.1. The quantitative estimate of drug-likeness (QED) is 0.190. The van der Waals surface area contributed by atoms with Crippen LogP contribution in [0.15, 0.2) is 42.5 Å². The van der Waals surface area contributed by atoms with Gasteiger partial charge in [0.1, 0.15) is 12.7 Å². The molecule has 1 amide bonds. The zero-order valence-electron chi connectivity index (χ0n) is 19.5. The molecule has 6 heteroatoms. The molecule has 0 aliphatic heterocycles. The van der Waals surface area contributed by atoms with E-state index in [0.29, 0.717) is 0 Å². The first-order chi connectivity index (χ1) is 15.5. The fourth-order valence-electron chi connectivity index (χ4n) is 3.46. The summed E-state index contributed by atoms with van der Waals surface area (Å²) in [5.41, 5.74) is 0.793. The highest BCUT2D eigenvalue weighted by atomic mass is 16.5. The van der Waals surface area contributed by atoms with Crippen molar-refractivity contribution in [2.75, 3.05) is 0 Å². The summed E-state index contributed by atoms with van der Waals surface area (Å²) >= 11 is 0. The molecule has 0 aromatic heterocycles. The van der Waals surface area contributed by atoms with Gasteiger partial charge in [-0.05, 0) is 18.4 Å². The van der Waals surface area contributed by atoms with E-state index in [1.54, 1.807) is 18.2 Å². The molecule has 0 heterocycles. The number of benzene rings is 1. The number of aliphatic hydroxyl groups excluding tert-OH is 1. The fraction of sp³-hybridized carbons (Fsp3) is 0.615. The average molecular weight is 448 g/mol. The van der Waals surface area contributed by atoms with E-state index in [-0.39, 0.29) is 6.61 Å². The lowest BCUT2D eigenvalue weighted by atomic mass is 10.0. The minimum Gasteiger partial charge on any atom is -0.480 e. The van der Waals surface area contributed by atoms with Gasteiger partial charge in [0.05, 0.1) is 0 Å². The second-order valence-corrected chi connectivity index (χ2v) is 8.26. The molecule has 1 aromatic carbocycles. The third-order valence-corrected chi connectivity index (χ3v) is 5.40. The van der Waals surface area contributed by atoms with Gasteiger partial charge in [0.15, 0.2) is 6.04 Å². The van der Waals surface area contributed by atoms with E-state index in [9.17, 15) is 19.8 Å². The molecule has 0 fully saturated rings. The maximum Gasteiger partial charge on any atom is 0.408 e. The lowest BCUT2D eigenvalue weighted by molar-refractivity contribution is -0.141. The van der Waals surface area contributed by atoms with E-state index < -0.39 is 24.2 Å². The first kappa shape index (κ1) is 27.7. The number of hydrogen-bond donors (Lipinski definition) is 3. The number of carbonyl (C=O) groups is 2. The van der Waals surface area contributed by atoms with Crippen LogP contribution in [0, 0.1) is 0 Å². The molecule has 2 atom stereocenters. The Balaban J connectivity index is 2.16. The predicted molar refractivity (Wildman–Crippen MR) is 127 cm³/mol. The second-order valence-electron chi connectivity index (χ2n) is 8.26. The highest BCUT2D eigenvalue weighted by Crippen LogP contribution is 2.12. The minimum atomic E-state index is -1.45. The number of rotatable bonds is 18. The summed E-state index contributed by atoms with van der Waals surface area (Å²) in [6.07, 6.45) is 15.7. The van der Waals surface area contributed by atoms with Gasteiger partial charge in [-0.1, -0.05) is 114 Å². The summed E-state index contributed by atoms with van der Waals surface area (Å²) in [6, 6.07) is 7.64. The van der Waals surface area contributed by atoms with Gasteiger partial charge in [0, 0.05) is 0 Å². The number of aliphatic carboxylic acids is 1. The Morgan fingerprint density at radius 2 is 1.50 bits per heavy atom. The summed E-state index contributed by atoms with van der Waals surface area (Å²) in [7, 11) is 0. The molecule has 1 rings (SSSR count). The van der Waals surface area contributed by atoms with Crippen molar-refractivity contribution in [1.29, 1.82) is 0 Å². The van der Waals surface area contributed by atoms with Crippen molar-refractivity contribution in [3.05, 3.63) is 48.0 Å². The van der Waals surface area contributed by atoms with E-state index in [0.717, 1.165) is 24.8 Å². The first-order valence-electron chi connectivity index (χ1n) is 12.1. The zero-order chi connectivity index (χ0) is 23.4. The summed E-state index contributed by atoms with van der Waals surface area (Å²) in [4.78, 5) is 23.3. The van der Waals surface area contributed by atoms with Gasteiger partial charge in [0.25, 0.3) is 0 Å². The first-order valence-corrected chi connectivity index (χ1v) is 12.1. The minimum absolute atomic E-state index is 0.0316. The van der Waals surface area contributed by atoms with E-state index in [4.69, 9.17) is 4.74 Å². The number of nitrogens with one attached hydrogen (secondary N) is 1. The van der Waals surface area contributed by atoms with E-state index >= 15 is 0 Å². The van der Waals surface area contributed by atoms with Crippen LogP contribution in [0.5, 0.6) is 0 Å². The van der Waals surface area contributed by atoms with Gasteiger partial charge < -0.3 is 20.3 Å². The largest absolute Gasteiger partial charge is 0.480 e. The third-order valence-electron chi connectivity index (χ3n) is 5.40. The molecule has 0 radical (unpaired) electrons. The number of carboxylic acid groups (broad SMARTS) is 1. The fourth-order valence-corrected chi connectivity index (χ4v) is 3.46. The van der Waals surface area contributed by atoms with Crippen LogP contribution in [0.25, 0.3) is 0 Å². The van der Waals surface area contributed by atoms with Gasteiger partial charge >= 0.3 is 12.1 Å². The van der Waals surface area contributed by atoms with Crippen molar-refractivity contribution < 1.29 is 24.5 Å². The number of unbranched alkanes of at least 4 members (excludes halogenated alkanes) is 11. The standard InChI is InChI=1S/C26H41NO5/c1-2-3-4-5-6-7-8-9-10-11-12-13-17-20-23(28)24(25(29)30)27-26(31)32-21-22-18-15-14-16-19-22/h14-20,23-24,28H,2-13,21H2,1H3,(H,27,31)(H,29,30)/t23-,24-/m0/s1. The van der Waals surface area contributed by atoms with Crippen LogP contribution in [0.4, 0.5) is 4.79 Å². The number of alkyl carbamates (subject to hydrolysis) is 1. The topological polar surface area (TPSA) is 95.9 Å². The second kappa shape index (κ2) is 18.3. The average Bonchev–Trinajstić information content (AvgIpc) is 2.79. The van der Waals surface area contributed by atoms with Gasteiger partial charge in [-0.25, -0.2) is 9.59 Å². The molecular formula is C26H41NO5. The molecule has 3 N–H and O–H groups in total. The van der Waals surface area contributed by atoms with E-state index in [2.05, 4.69) is 12.2 Å². The molecule has 0 aliphatic rings. The Kier molecular flexibility index (Phi) is 15.8. The van der Waals surface area contributed by atoms with E-state index in [1.165, 1.54) is 63.9 Å². The van der Waals surface area contributed by atoms with Crippen molar-refractivity contribution in [2.45, 2.75) is 103 Å². The summed E-state index contributed by atoms with van der Waals surface area (Å²) in [5.74, 6) is -1.31. The van der Waals surface area contributed by atoms with Crippen LogP contribution in [0.2, 0.25) is 0 Å². The summed E-state index contributed by atoms with van der Waals surface area (Å²) in [5, 5.41) is 21.7. The molecule has 0 saturated heterocycles. The van der Waals surface area contributed by atoms with Gasteiger partial charge in [-0.15, -0.1) is 0 Å². The molecule has 0 unspecified atom stereocenters. The van der Waals surface area contributed by atoms with Crippen LogP contribution in [0.1, 0.15) is 89.5 Å². The monoisotopic (exact) mass is 447 g/mol. The smallest absolute Gasteiger partial charge is 0.408 e. The number of carbonyl (C=O) groups excluding carboxylic acids is 1. The number of hydrogen-bond acceptors (Lipinski definition) is 4. The molecule has 0 bridgehead atoms. The molecule has 0 aliphatic carbocycles. The Morgan fingerprint density at radius 3 is 2.06 bits per heavy atom. The zero-order valence-corrected chi connectivity index (χ0v) is 19.5. The highest BCUT2D eigenvalue weighted by molar-refractivity contribution is 5.80. The van der Waals surface area contributed by atoms with Crippen molar-refractivity contribution in [2.24, 2.45) is 0 Å². The Bertz CT molecular complexity index is 647. The molecule has 180 valence electrons. The van der Waals surface area contributed by atoms with Crippen molar-refractivity contribution >= 4 is 12.1 Å². The van der Waals surface area contributed by atoms with Crippen molar-refractivity contribution in [1.82, 2.24) is 5.32 Å². The number of carboxylic acids is 1. The number of aliphatic hydroxyl groups is 1. The summed E-state index contributed by atoms with van der Waals surface area (Å²) < 4.78 is 5.03. The van der Waals surface area contributed by atoms with Crippen LogP contribution in [-0.4, -0.2) is 34.4 Å². The third kappa shape index (κ3) is 13.9. The Hall–Kier alpha value is -2.34. The lowest BCUT2D eigenvalue weighted by Gasteiger charge is -2.17. The Morgan fingerprint density at radius 1 is 0.938 bits per heavy atom. The summed E-state index contributed by atoms with van der Waals surface area (Å²) in [6.45, 7) is 2.27. The number of ether oxygens (including phenoxy) is 1. The van der Waals surface area contributed by atoms with Gasteiger partial charge in [-0.2, -0.15) is 0 Å². The molecule has 0 saturated carbocycles.